The number of carbonyl (C=O) groups is 1. The summed E-state index contributed by atoms with van der Waals surface area (Å²) in [4.78, 5) is 19.0. The highest BCUT2D eigenvalue weighted by Crippen LogP contribution is 2.29. The Bertz CT molecular complexity index is 841. The normalized spacial score (nSPS) is 20.6. The number of carbonyl (C=O) groups excluding carboxylic acids is 1. The van der Waals surface area contributed by atoms with Crippen molar-refractivity contribution in [2.24, 2.45) is 0 Å². The van der Waals surface area contributed by atoms with Crippen LogP contribution in [0.15, 0.2) is 64.0 Å². The van der Waals surface area contributed by atoms with Crippen molar-refractivity contribution in [1.82, 2.24) is 9.88 Å². The molecule has 25 heavy (non-hydrogen) atoms. The van der Waals surface area contributed by atoms with Gasteiger partial charge in [-0.3, -0.25) is 4.79 Å². The zero-order valence-electron chi connectivity index (χ0n) is 13.8. The zero-order valence-corrected chi connectivity index (χ0v) is 13.8. The van der Waals surface area contributed by atoms with E-state index in [0.29, 0.717) is 24.7 Å². The van der Waals surface area contributed by atoms with Crippen LogP contribution in [0.3, 0.4) is 0 Å². The van der Waals surface area contributed by atoms with Gasteiger partial charge in [0.25, 0.3) is 5.91 Å². The maximum atomic E-state index is 13.1. The van der Waals surface area contributed by atoms with Gasteiger partial charge in [0.2, 0.25) is 5.76 Å². The first-order chi connectivity index (χ1) is 12.2. The summed E-state index contributed by atoms with van der Waals surface area (Å²) in [6.07, 6.45) is 2.65. The summed E-state index contributed by atoms with van der Waals surface area (Å²) in [6, 6.07) is 13.4. The van der Waals surface area contributed by atoms with Gasteiger partial charge in [-0.25, -0.2) is 4.98 Å². The van der Waals surface area contributed by atoms with E-state index in [4.69, 9.17) is 13.6 Å². The van der Waals surface area contributed by atoms with Crippen molar-refractivity contribution >= 4 is 5.91 Å². The lowest BCUT2D eigenvalue weighted by Gasteiger charge is -2.37. The van der Waals surface area contributed by atoms with Crippen molar-refractivity contribution in [2.45, 2.75) is 19.1 Å². The fourth-order valence-electron chi connectivity index (χ4n) is 3.03. The molecule has 6 heteroatoms. The highest BCUT2D eigenvalue weighted by Gasteiger charge is 2.34. The summed E-state index contributed by atoms with van der Waals surface area (Å²) in [7, 11) is 0. The van der Waals surface area contributed by atoms with Crippen molar-refractivity contribution in [3.8, 4) is 11.5 Å². The van der Waals surface area contributed by atoms with Crippen LogP contribution in [0.2, 0.25) is 0 Å². The fourth-order valence-corrected chi connectivity index (χ4v) is 3.03. The summed E-state index contributed by atoms with van der Waals surface area (Å²) in [5, 5.41) is 0. The molecule has 6 nitrogen and oxygen atoms in total. The molecule has 2 aromatic heterocycles. The molecule has 4 rings (SSSR count). The number of nitrogens with zero attached hydrogens (tertiary/aromatic N) is 2. The third-order valence-electron chi connectivity index (χ3n) is 4.38. The number of benzene rings is 1. The lowest BCUT2D eigenvalue weighted by atomic mass is 10.1. The van der Waals surface area contributed by atoms with E-state index in [2.05, 4.69) is 4.98 Å². The standard InChI is InChI=1S/C19H18N2O4/c1-13-11-24-16(14-6-3-2-4-7-14)10-21(13)19(22)17-18(25-12-20-17)15-8-5-9-23-15/h2-9,12-13,16H,10-11H2,1H3/t13-,16+/m0/s1. The Morgan fingerprint density at radius 2 is 2.00 bits per heavy atom. The quantitative estimate of drug-likeness (QED) is 0.731. The van der Waals surface area contributed by atoms with E-state index in [9.17, 15) is 4.79 Å². The van der Waals surface area contributed by atoms with Crippen molar-refractivity contribution < 1.29 is 18.4 Å². The van der Waals surface area contributed by atoms with E-state index in [1.165, 1.54) is 12.7 Å². The smallest absolute Gasteiger partial charge is 0.277 e. The molecule has 0 N–H and O–H groups in total. The lowest BCUT2D eigenvalue weighted by Crippen LogP contribution is -2.48. The Morgan fingerprint density at radius 1 is 1.16 bits per heavy atom. The van der Waals surface area contributed by atoms with E-state index < -0.39 is 0 Å². The Labute approximate surface area is 145 Å². The molecule has 0 spiro atoms. The summed E-state index contributed by atoms with van der Waals surface area (Å²) in [5.41, 5.74) is 1.31. The van der Waals surface area contributed by atoms with Gasteiger partial charge in [0, 0.05) is 0 Å². The molecule has 128 valence electrons. The molecule has 1 aromatic carbocycles. The topological polar surface area (TPSA) is 68.7 Å². The number of oxazole rings is 1. The highest BCUT2D eigenvalue weighted by atomic mass is 16.5. The molecule has 0 bridgehead atoms. The largest absolute Gasteiger partial charge is 0.461 e. The first-order valence-electron chi connectivity index (χ1n) is 8.19. The number of furan rings is 1. The van der Waals surface area contributed by atoms with Crippen LogP contribution in [-0.4, -0.2) is 35.0 Å². The molecule has 1 aliphatic heterocycles. The van der Waals surface area contributed by atoms with Crippen LogP contribution in [0.5, 0.6) is 0 Å². The number of morpholine rings is 1. The minimum Gasteiger partial charge on any atom is -0.461 e. The molecule has 3 heterocycles. The van der Waals surface area contributed by atoms with Crippen molar-refractivity contribution in [2.75, 3.05) is 13.2 Å². The highest BCUT2D eigenvalue weighted by molar-refractivity contribution is 5.97. The summed E-state index contributed by atoms with van der Waals surface area (Å²) in [6.45, 7) is 2.90. The average molecular weight is 338 g/mol. The second-order valence-electron chi connectivity index (χ2n) is 6.05. The van der Waals surface area contributed by atoms with Crippen LogP contribution in [-0.2, 0) is 4.74 Å². The summed E-state index contributed by atoms with van der Waals surface area (Å²) in [5.74, 6) is 0.656. The first-order valence-corrected chi connectivity index (χ1v) is 8.19. The van der Waals surface area contributed by atoms with Gasteiger partial charge in [0.05, 0.1) is 25.5 Å². The Balaban J connectivity index is 1.60. The number of rotatable bonds is 3. The molecule has 1 aliphatic rings. The van der Waals surface area contributed by atoms with E-state index >= 15 is 0 Å². The monoisotopic (exact) mass is 338 g/mol. The first kappa shape index (κ1) is 15.7. The zero-order chi connectivity index (χ0) is 17.2. The van der Waals surface area contributed by atoms with Crippen molar-refractivity contribution in [3.63, 3.8) is 0 Å². The molecule has 2 atom stereocenters. The fraction of sp³-hybridized carbons (Fsp3) is 0.263. The van der Waals surface area contributed by atoms with Gasteiger partial charge in [-0.1, -0.05) is 30.3 Å². The Hall–Kier alpha value is -2.86. The lowest BCUT2D eigenvalue weighted by molar-refractivity contribution is -0.0488. The number of amides is 1. The predicted octanol–water partition coefficient (Wildman–Crippen LogP) is 3.54. The van der Waals surface area contributed by atoms with Crippen LogP contribution >= 0.6 is 0 Å². The number of ether oxygens (including phenoxy) is 1. The van der Waals surface area contributed by atoms with Crippen LogP contribution in [0.25, 0.3) is 11.5 Å². The van der Waals surface area contributed by atoms with Gasteiger partial charge < -0.3 is 18.5 Å². The van der Waals surface area contributed by atoms with Crippen molar-refractivity contribution in [3.05, 3.63) is 66.4 Å². The van der Waals surface area contributed by atoms with Crippen molar-refractivity contribution in [1.29, 1.82) is 0 Å². The van der Waals surface area contributed by atoms with E-state index in [-0.39, 0.29) is 23.7 Å². The molecular weight excluding hydrogens is 320 g/mol. The van der Waals surface area contributed by atoms with Crippen LogP contribution in [0, 0.1) is 0 Å². The SMILES string of the molecule is C[C@H]1CO[C@@H](c2ccccc2)CN1C(=O)c1ncoc1-c1ccco1. The molecule has 1 amide bonds. The maximum Gasteiger partial charge on any atom is 0.277 e. The number of hydrogen-bond acceptors (Lipinski definition) is 5. The van der Waals surface area contributed by atoms with E-state index in [1.54, 1.807) is 17.0 Å². The predicted molar refractivity (Wildman–Crippen MR) is 89.8 cm³/mol. The second-order valence-corrected chi connectivity index (χ2v) is 6.05. The minimum absolute atomic E-state index is 0.0476. The van der Waals surface area contributed by atoms with E-state index in [1.807, 2.05) is 37.3 Å². The molecule has 0 unspecified atom stereocenters. The molecule has 0 aliphatic carbocycles. The molecule has 3 aromatic rings. The van der Waals surface area contributed by atoms with Crippen LogP contribution in [0.4, 0.5) is 0 Å². The van der Waals surface area contributed by atoms with Crippen LogP contribution in [0.1, 0.15) is 29.1 Å². The van der Waals surface area contributed by atoms with Gasteiger partial charge >= 0.3 is 0 Å². The van der Waals surface area contributed by atoms with Gasteiger partial charge in [0.1, 0.15) is 6.10 Å². The summed E-state index contributed by atoms with van der Waals surface area (Å²) < 4.78 is 16.6. The van der Waals surface area contributed by atoms with Crippen LogP contribution < -0.4 is 0 Å². The molecule has 0 radical (unpaired) electrons. The number of aromatic nitrogens is 1. The average Bonchev–Trinajstić information content (AvgIpc) is 3.33. The maximum absolute atomic E-state index is 13.1. The Morgan fingerprint density at radius 3 is 2.76 bits per heavy atom. The Kier molecular flexibility index (Phi) is 4.11. The minimum atomic E-state index is -0.183. The number of hydrogen-bond donors (Lipinski definition) is 0. The van der Waals surface area contributed by atoms with Gasteiger partial charge in [-0.2, -0.15) is 0 Å². The third-order valence-corrected chi connectivity index (χ3v) is 4.38. The third kappa shape index (κ3) is 2.96. The van der Waals surface area contributed by atoms with E-state index in [0.717, 1.165) is 5.56 Å². The second kappa shape index (κ2) is 6.57. The van der Waals surface area contributed by atoms with Gasteiger partial charge in [0.15, 0.2) is 17.8 Å². The molecule has 0 saturated carbocycles. The molecule has 1 fully saturated rings. The van der Waals surface area contributed by atoms with Gasteiger partial charge in [-0.15, -0.1) is 0 Å². The summed E-state index contributed by atoms with van der Waals surface area (Å²) >= 11 is 0. The molecular formula is C19H18N2O4. The van der Waals surface area contributed by atoms with Gasteiger partial charge in [-0.05, 0) is 24.6 Å². The molecule has 1 saturated heterocycles.